The van der Waals surface area contributed by atoms with Crippen molar-refractivity contribution in [1.29, 1.82) is 0 Å². The van der Waals surface area contributed by atoms with Gasteiger partial charge in [0.25, 0.3) is 5.91 Å². The number of amides is 1. The second-order valence-corrected chi connectivity index (χ2v) is 5.85. The Hall–Kier alpha value is -1.46. The van der Waals surface area contributed by atoms with Crippen molar-refractivity contribution in [2.24, 2.45) is 0 Å². The van der Waals surface area contributed by atoms with Crippen LogP contribution in [-0.4, -0.2) is 37.9 Å². The topological polar surface area (TPSA) is 50.4 Å². The lowest BCUT2D eigenvalue weighted by molar-refractivity contribution is -0.127. The van der Waals surface area contributed by atoms with Crippen molar-refractivity contribution < 1.29 is 9.53 Å². The van der Waals surface area contributed by atoms with Gasteiger partial charge in [0.05, 0.1) is 0 Å². The molecule has 5 heteroatoms. The molecule has 1 heterocycles. The van der Waals surface area contributed by atoms with Crippen LogP contribution in [0, 0.1) is 0 Å². The lowest BCUT2D eigenvalue weighted by atomic mass is 10.1. The molecule has 1 atom stereocenters. The molecule has 1 aromatic carbocycles. The molecule has 2 rings (SSSR count). The molecular weight excluding hydrogens is 284 g/mol. The van der Waals surface area contributed by atoms with Gasteiger partial charge in [0, 0.05) is 18.0 Å². The lowest BCUT2D eigenvalue weighted by Crippen LogP contribution is -2.38. The standard InChI is InChI=1S/C16H22N2O2S/c1-12(20-14-3-5-15(21-2)6-4-14)16(19)18-11-13-7-9-17-10-8-13/h3-7,12,17H,8-11H2,1-2H3,(H,18,19). The minimum Gasteiger partial charge on any atom is -0.481 e. The SMILES string of the molecule is CSc1ccc(OC(C)C(=O)NCC2=CCNCC2)cc1. The quantitative estimate of drug-likeness (QED) is 0.625. The molecule has 1 unspecified atom stereocenters. The van der Waals surface area contributed by atoms with Crippen molar-refractivity contribution in [2.45, 2.75) is 24.3 Å². The molecular formula is C16H22N2O2S. The fourth-order valence-corrected chi connectivity index (χ4v) is 2.49. The van der Waals surface area contributed by atoms with Crippen molar-refractivity contribution in [3.05, 3.63) is 35.9 Å². The Bertz CT molecular complexity index is 500. The number of rotatable bonds is 6. The second kappa shape index (κ2) is 8.10. The number of benzene rings is 1. The van der Waals surface area contributed by atoms with E-state index < -0.39 is 6.10 Å². The number of carbonyl (C=O) groups excluding carboxylic acids is 1. The first kappa shape index (κ1) is 15.9. The van der Waals surface area contributed by atoms with E-state index in [1.165, 1.54) is 10.5 Å². The summed E-state index contributed by atoms with van der Waals surface area (Å²) in [7, 11) is 0. The van der Waals surface area contributed by atoms with Gasteiger partial charge in [-0.05, 0) is 50.4 Å². The number of ether oxygens (including phenoxy) is 1. The predicted molar refractivity (Wildman–Crippen MR) is 86.9 cm³/mol. The van der Waals surface area contributed by atoms with E-state index in [4.69, 9.17) is 4.74 Å². The fourth-order valence-electron chi connectivity index (χ4n) is 2.09. The minimum atomic E-state index is -0.493. The molecule has 2 N–H and O–H groups in total. The van der Waals surface area contributed by atoms with Gasteiger partial charge >= 0.3 is 0 Å². The molecule has 0 spiro atoms. The number of thioether (sulfide) groups is 1. The molecule has 21 heavy (non-hydrogen) atoms. The molecule has 0 bridgehead atoms. The van der Waals surface area contributed by atoms with Gasteiger partial charge in [0.15, 0.2) is 6.10 Å². The maximum Gasteiger partial charge on any atom is 0.261 e. The van der Waals surface area contributed by atoms with Gasteiger partial charge in [-0.25, -0.2) is 0 Å². The van der Waals surface area contributed by atoms with Crippen molar-refractivity contribution >= 4 is 17.7 Å². The lowest BCUT2D eigenvalue weighted by Gasteiger charge is -2.17. The molecule has 0 fully saturated rings. The van der Waals surface area contributed by atoms with Crippen LogP contribution in [0.25, 0.3) is 0 Å². The maximum absolute atomic E-state index is 12.0. The average molecular weight is 306 g/mol. The smallest absolute Gasteiger partial charge is 0.261 e. The third-order valence-electron chi connectivity index (χ3n) is 3.39. The monoisotopic (exact) mass is 306 g/mol. The second-order valence-electron chi connectivity index (χ2n) is 4.97. The Kier molecular flexibility index (Phi) is 6.14. The van der Waals surface area contributed by atoms with Crippen LogP contribution in [0.3, 0.4) is 0 Å². The predicted octanol–water partition coefficient (Wildman–Crippen LogP) is 2.21. The van der Waals surface area contributed by atoms with Gasteiger partial charge in [-0.1, -0.05) is 11.6 Å². The molecule has 114 valence electrons. The first-order chi connectivity index (χ1) is 10.2. The van der Waals surface area contributed by atoms with Crippen LogP contribution >= 0.6 is 11.8 Å². The Morgan fingerprint density at radius 2 is 2.19 bits per heavy atom. The zero-order valence-electron chi connectivity index (χ0n) is 12.5. The van der Waals surface area contributed by atoms with E-state index in [2.05, 4.69) is 16.7 Å². The van der Waals surface area contributed by atoms with Crippen LogP contribution in [-0.2, 0) is 4.79 Å². The molecule has 1 aliphatic rings. The third-order valence-corrected chi connectivity index (χ3v) is 4.13. The van der Waals surface area contributed by atoms with E-state index in [1.807, 2.05) is 30.5 Å². The summed E-state index contributed by atoms with van der Waals surface area (Å²) in [5.41, 5.74) is 1.28. The van der Waals surface area contributed by atoms with Crippen LogP contribution in [0.5, 0.6) is 5.75 Å². The highest BCUT2D eigenvalue weighted by atomic mass is 32.2. The summed E-state index contributed by atoms with van der Waals surface area (Å²) >= 11 is 1.68. The van der Waals surface area contributed by atoms with Crippen molar-refractivity contribution in [3.63, 3.8) is 0 Å². The van der Waals surface area contributed by atoms with E-state index in [1.54, 1.807) is 18.7 Å². The maximum atomic E-state index is 12.0. The summed E-state index contributed by atoms with van der Waals surface area (Å²) in [6, 6.07) is 7.77. The normalized spacial score (nSPS) is 16.0. The van der Waals surface area contributed by atoms with Crippen LogP contribution in [0.1, 0.15) is 13.3 Å². The van der Waals surface area contributed by atoms with E-state index in [0.717, 1.165) is 25.3 Å². The largest absolute Gasteiger partial charge is 0.481 e. The number of hydrogen-bond acceptors (Lipinski definition) is 4. The first-order valence-electron chi connectivity index (χ1n) is 7.16. The zero-order chi connectivity index (χ0) is 15.1. The summed E-state index contributed by atoms with van der Waals surface area (Å²) in [6.45, 7) is 4.25. The van der Waals surface area contributed by atoms with Crippen molar-refractivity contribution in [1.82, 2.24) is 10.6 Å². The Labute approximate surface area is 130 Å². The Balaban J connectivity index is 1.79. The summed E-state index contributed by atoms with van der Waals surface area (Å²) in [5, 5.41) is 6.18. The van der Waals surface area contributed by atoms with E-state index in [-0.39, 0.29) is 5.91 Å². The number of carbonyl (C=O) groups is 1. The van der Waals surface area contributed by atoms with Crippen LogP contribution in [0.2, 0.25) is 0 Å². The van der Waals surface area contributed by atoms with Gasteiger partial charge in [-0.3, -0.25) is 4.79 Å². The van der Waals surface area contributed by atoms with Gasteiger partial charge in [0.1, 0.15) is 5.75 Å². The van der Waals surface area contributed by atoms with E-state index in [0.29, 0.717) is 6.54 Å². The Morgan fingerprint density at radius 3 is 2.81 bits per heavy atom. The Morgan fingerprint density at radius 1 is 1.43 bits per heavy atom. The number of hydrogen-bond donors (Lipinski definition) is 2. The van der Waals surface area contributed by atoms with Crippen LogP contribution < -0.4 is 15.4 Å². The van der Waals surface area contributed by atoms with E-state index >= 15 is 0 Å². The minimum absolute atomic E-state index is 0.0802. The molecule has 0 saturated heterocycles. The number of nitrogens with one attached hydrogen (secondary N) is 2. The zero-order valence-corrected chi connectivity index (χ0v) is 13.3. The van der Waals surface area contributed by atoms with Crippen molar-refractivity contribution in [2.75, 3.05) is 25.9 Å². The van der Waals surface area contributed by atoms with Crippen LogP contribution in [0.15, 0.2) is 40.8 Å². The molecule has 1 aliphatic heterocycles. The molecule has 0 saturated carbocycles. The summed E-state index contributed by atoms with van der Waals surface area (Å²) in [6.07, 6.45) is 4.66. The summed E-state index contributed by atoms with van der Waals surface area (Å²) in [5.74, 6) is 0.639. The molecule has 1 aromatic rings. The van der Waals surface area contributed by atoms with Gasteiger partial charge < -0.3 is 15.4 Å². The van der Waals surface area contributed by atoms with Gasteiger partial charge in [-0.15, -0.1) is 11.8 Å². The van der Waals surface area contributed by atoms with Crippen LogP contribution in [0.4, 0.5) is 0 Å². The summed E-state index contributed by atoms with van der Waals surface area (Å²) in [4.78, 5) is 13.2. The summed E-state index contributed by atoms with van der Waals surface area (Å²) < 4.78 is 5.66. The molecule has 0 radical (unpaired) electrons. The van der Waals surface area contributed by atoms with Gasteiger partial charge in [-0.2, -0.15) is 0 Å². The van der Waals surface area contributed by atoms with E-state index in [9.17, 15) is 4.79 Å². The third kappa shape index (κ3) is 5.10. The van der Waals surface area contributed by atoms with Gasteiger partial charge in [0.2, 0.25) is 0 Å². The molecule has 0 aromatic heterocycles. The first-order valence-corrected chi connectivity index (χ1v) is 8.38. The van der Waals surface area contributed by atoms with Crippen molar-refractivity contribution in [3.8, 4) is 5.75 Å². The molecule has 0 aliphatic carbocycles. The highest BCUT2D eigenvalue weighted by Crippen LogP contribution is 2.19. The molecule has 1 amide bonds. The molecule has 4 nitrogen and oxygen atoms in total. The average Bonchev–Trinajstić information content (AvgIpc) is 2.54. The fraction of sp³-hybridized carbons (Fsp3) is 0.438. The highest BCUT2D eigenvalue weighted by Gasteiger charge is 2.15. The highest BCUT2D eigenvalue weighted by molar-refractivity contribution is 7.98.